The molecule has 1 aliphatic carbocycles. The lowest BCUT2D eigenvalue weighted by Gasteiger charge is -2.07. The summed E-state index contributed by atoms with van der Waals surface area (Å²) >= 11 is 3.23. The third-order valence-corrected chi connectivity index (χ3v) is 3.75. The smallest absolute Gasteiger partial charge is 0.270 e. The van der Waals surface area contributed by atoms with Crippen molar-refractivity contribution < 1.29 is 9.72 Å². The number of carbonyl (C=O) groups excluding carboxylic acids is 1. The number of nitro benzene ring substituents is 1. The highest BCUT2D eigenvalue weighted by atomic mass is 79.9. The van der Waals surface area contributed by atoms with Gasteiger partial charge in [0, 0.05) is 29.2 Å². The molecule has 0 spiro atoms. The fraction of sp³-hybridized carbons (Fsp3) is 0.462. The summed E-state index contributed by atoms with van der Waals surface area (Å²) in [5, 5.41) is 16.8. The van der Waals surface area contributed by atoms with Gasteiger partial charge in [-0.2, -0.15) is 0 Å². The van der Waals surface area contributed by atoms with Crippen LogP contribution in [-0.4, -0.2) is 30.0 Å². The molecular weight excluding hydrogens is 326 g/mol. The van der Waals surface area contributed by atoms with Gasteiger partial charge >= 0.3 is 0 Å². The lowest BCUT2D eigenvalue weighted by Crippen LogP contribution is -2.28. The van der Waals surface area contributed by atoms with Gasteiger partial charge in [0.2, 0.25) is 0 Å². The zero-order chi connectivity index (χ0) is 14.5. The van der Waals surface area contributed by atoms with E-state index < -0.39 is 4.92 Å². The molecule has 0 bridgehead atoms. The van der Waals surface area contributed by atoms with Gasteiger partial charge in [-0.05, 0) is 47.8 Å². The first-order valence-corrected chi connectivity index (χ1v) is 7.33. The molecule has 0 aromatic heterocycles. The van der Waals surface area contributed by atoms with E-state index >= 15 is 0 Å². The average molecular weight is 342 g/mol. The van der Waals surface area contributed by atoms with Crippen molar-refractivity contribution in [2.45, 2.75) is 25.3 Å². The Morgan fingerprint density at radius 3 is 2.80 bits per heavy atom. The Balaban J connectivity index is 1.83. The molecule has 108 valence electrons. The van der Waals surface area contributed by atoms with E-state index in [1.165, 1.54) is 31.0 Å². The molecule has 20 heavy (non-hydrogen) atoms. The van der Waals surface area contributed by atoms with Gasteiger partial charge < -0.3 is 10.6 Å². The number of nitrogens with one attached hydrogen (secondary N) is 2. The second-order valence-electron chi connectivity index (χ2n) is 4.76. The highest BCUT2D eigenvalue weighted by Crippen LogP contribution is 2.22. The molecule has 0 heterocycles. The van der Waals surface area contributed by atoms with Gasteiger partial charge in [0.15, 0.2) is 0 Å². The van der Waals surface area contributed by atoms with Crippen molar-refractivity contribution in [1.29, 1.82) is 0 Å². The van der Waals surface area contributed by atoms with E-state index in [1.54, 1.807) is 0 Å². The van der Waals surface area contributed by atoms with Crippen molar-refractivity contribution >= 4 is 27.5 Å². The maximum absolute atomic E-state index is 12.0. The van der Waals surface area contributed by atoms with Gasteiger partial charge in [0.05, 0.1) is 10.5 Å². The number of nitrogens with zero attached hydrogens (tertiary/aromatic N) is 1. The van der Waals surface area contributed by atoms with E-state index in [9.17, 15) is 14.9 Å². The van der Waals surface area contributed by atoms with Crippen molar-refractivity contribution in [1.82, 2.24) is 10.6 Å². The summed E-state index contributed by atoms with van der Waals surface area (Å²) in [6.07, 6.45) is 3.33. The second kappa shape index (κ2) is 6.81. The Labute approximate surface area is 125 Å². The number of amides is 1. The van der Waals surface area contributed by atoms with Crippen LogP contribution in [0.3, 0.4) is 0 Å². The molecule has 7 heteroatoms. The number of hydrogen-bond acceptors (Lipinski definition) is 4. The minimum absolute atomic E-state index is 0.0891. The van der Waals surface area contributed by atoms with Gasteiger partial charge in [-0.3, -0.25) is 14.9 Å². The fourth-order valence-electron chi connectivity index (χ4n) is 1.78. The van der Waals surface area contributed by atoms with E-state index in [0.29, 0.717) is 17.1 Å². The van der Waals surface area contributed by atoms with Crippen LogP contribution in [0.25, 0.3) is 0 Å². The third-order valence-electron chi connectivity index (χ3n) is 3.05. The Morgan fingerprint density at radius 1 is 1.40 bits per heavy atom. The second-order valence-corrected chi connectivity index (χ2v) is 5.61. The number of benzene rings is 1. The Bertz CT molecular complexity index is 518. The molecule has 2 N–H and O–H groups in total. The Morgan fingerprint density at radius 2 is 2.15 bits per heavy atom. The van der Waals surface area contributed by atoms with Gasteiger partial charge in [0.1, 0.15) is 0 Å². The average Bonchev–Trinajstić information content (AvgIpc) is 3.22. The lowest BCUT2D eigenvalue weighted by molar-refractivity contribution is -0.384. The summed E-state index contributed by atoms with van der Waals surface area (Å²) < 4.78 is 0.553. The fourth-order valence-corrected chi connectivity index (χ4v) is 2.21. The minimum Gasteiger partial charge on any atom is -0.352 e. The summed E-state index contributed by atoms with van der Waals surface area (Å²) in [5.41, 5.74) is 0.197. The molecule has 6 nitrogen and oxygen atoms in total. The SMILES string of the molecule is O=C(NCCCNC1CC1)c1cc([N+](=O)[O-])ccc1Br. The van der Waals surface area contributed by atoms with Crippen LogP contribution in [0.2, 0.25) is 0 Å². The summed E-state index contributed by atoms with van der Waals surface area (Å²) in [7, 11) is 0. The Kier molecular flexibility index (Phi) is 5.08. The zero-order valence-corrected chi connectivity index (χ0v) is 12.5. The molecule has 1 amide bonds. The van der Waals surface area contributed by atoms with Crippen molar-refractivity contribution in [2.75, 3.05) is 13.1 Å². The molecule has 0 unspecified atom stereocenters. The molecule has 0 saturated heterocycles. The number of carbonyl (C=O) groups is 1. The number of hydrogen-bond donors (Lipinski definition) is 2. The molecule has 1 aromatic rings. The first-order valence-electron chi connectivity index (χ1n) is 6.53. The molecule has 1 aromatic carbocycles. The molecule has 0 radical (unpaired) electrons. The summed E-state index contributed by atoms with van der Waals surface area (Å²) in [4.78, 5) is 22.2. The summed E-state index contributed by atoms with van der Waals surface area (Å²) in [6, 6.07) is 4.82. The summed E-state index contributed by atoms with van der Waals surface area (Å²) in [5.74, 6) is -0.299. The first-order chi connectivity index (χ1) is 9.58. The maximum Gasteiger partial charge on any atom is 0.270 e. The van der Waals surface area contributed by atoms with E-state index in [4.69, 9.17) is 0 Å². The van der Waals surface area contributed by atoms with Gasteiger partial charge in [0.25, 0.3) is 11.6 Å². The first kappa shape index (κ1) is 14.9. The zero-order valence-electron chi connectivity index (χ0n) is 10.9. The third kappa shape index (κ3) is 4.28. The molecular formula is C13H16BrN3O3. The predicted molar refractivity (Wildman–Crippen MR) is 78.8 cm³/mol. The largest absolute Gasteiger partial charge is 0.352 e. The molecule has 1 aliphatic rings. The molecule has 1 fully saturated rings. The highest BCUT2D eigenvalue weighted by molar-refractivity contribution is 9.10. The highest BCUT2D eigenvalue weighted by Gasteiger charge is 2.19. The van der Waals surface area contributed by atoms with Crippen LogP contribution in [-0.2, 0) is 0 Å². The standard InChI is InChI=1S/C13H16BrN3O3/c14-12-5-4-10(17(19)20)8-11(12)13(18)16-7-1-6-15-9-2-3-9/h4-5,8-9,15H,1-3,6-7H2,(H,16,18). The van der Waals surface area contributed by atoms with Crippen LogP contribution in [0, 0.1) is 10.1 Å². The number of rotatable bonds is 7. The van der Waals surface area contributed by atoms with Gasteiger partial charge in [-0.1, -0.05) is 0 Å². The molecule has 0 aliphatic heterocycles. The minimum atomic E-state index is -0.511. The van der Waals surface area contributed by atoms with Crippen LogP contribution in [0.5, 0.6) is 0 Å². The molecule has 2 rings (SSSR count). The van der Waals surface area contributed by atoms with Crippen molar-refractivity contribution in [3.63, 3.8) is 0 Å². The van der Waals surface area contributed by atoms with Crippen LogP contribution < -0.4 is 10.6 Å². The van der Waals surface area contributed by atoms with E-state index in [2.05, 4.69) is 26.6 Å². The molecule has 0 atom stereocenters. The predicted octanol–water partition coefficient (Wildman–Crippen LogP) is 2.23. The number of non-ortho nitro benzene ring substituents is 1. The lowest BCUT2D eigenvalue weighted by atomic mass is 10.2. The van der Waals surface area contributed by atoms with Crippen molar-refractivity contribution in [2.24, 2.45) is 0 Å². The van der Waals surface area contributed by atoms with E-state index in [1.807, 2.05) is 0 Å². The van der Waals surface area contributed by atoms with Crippen LogP contribution >= 0.6 is 15.9 Å². The van der Waals surface area contributed by atoms with E-state index in [0.717, 1.165) is 13.0 Å². The number of halogens is 1. The van der Waals surface area contributed by atoms with Crippen molar-refractivity contribution in [3.8, 4) is 0 Å². The number of nitro groups is 1. The Hall–Kier alpha value is -1.47. The quantitative estimate of drug-likeness (QED) is 0.452. The summed E-state index contributed by atoms with van der Waals surface area (Å²) in [6.45, 7) is 1.43. The topological polar surface area (TPSA) is 84.3 Å². The van der Waals surface area contributed by atoms with Crippen molar-refractivity contribution in [3.05, 3.63) is 38.3 Å². The van der Waals surface area contributed by atoms with Gasteiger partial charge in [-0.25, -0.2) is 0 Å². The van der Waals surface area contributed by atoms with Crippen LogP contribution in [0.4, 0.5) is 5.69 Å². The van der Waals surface area contributed by atoms with Crippen LogP contribution in [0.15, 0.2) is 22.7 Å². The molecule has 1 saturated carbocycles. The van der Waals surface area contributed by atoms with Gasteiger partial charge in [-0.15, -0.1) is 0 Å². The monoisotopic (exact) mass is 341 g/mol. The maximum atomic E-state index is 12.0. The van der Waals surface area contributed by atoms with E-state index in [-0.39, 0.29) is 17.2 Å². The normalized spacial score (nSPS) is 14.1. The van der Waals surface area contributed by atoms with Crippen LogP contribution in [0.1, 0.15) is 29.6 Å².